The maximum absolute atomic E-state index is 9.08. The van der Waals surface area contributed by atoms with Gasteiger partial charge in [0.1, 0.15) is 0 Å². The average Bonchev–Trinajstić information content (AvgIpc) is 2.90. The number of ether oxygens (including phenoxy) is 2. The van der Waals surface area contributed by atoms with Gasteiger partial charge in [0.25, 0.3) is 0 Å². The van der Waals surface area contributed by atoms with Crippen LogP contribution in [0.1, 0.15) is 38.5 Å². The van der Waals surface area contributed by atoms with E-state index in [1.54, 1.807) is 0 Å². The molecule has 106 valence electrons. The Morgan fingerprint density at radius 1 is 1.22 bits per heavy atom. The quantitative estimate of drug-likeness (QED) is 0.700. The molecule has 0 bridgehead atoms. The van der Waals surface area contributed by atoms with E-state index in [-0.39, 0.29) is 0 Å². The minimum atomic E-state index is 0.304. The summed E-state index contributed by atoms with van der Waals surface area (Å²) in [7, 11) is 0. The molecule has 0 aromatic rings. The maximum Gasteiger partial charge on any atom is 0.0809 e. The lowest BCUT2D eigenvalue weighted by atomic mass is 10.00. The van der Waals surface area contributed by atoms with Crippen LogP contribution in [0.4, 0.5) is 0 Å². The van der Waals surface area contributed by atoms with Crippen LogP contribution in [-0.4, -0.2) is 61.7 Å². The van der Waals surface area contributed by atoms with Gasteiger partial charge in [-0.25, -0.2) is 0 Å². The van der Waals surface area contributed by atoms with E-state index in [0.717, 1.165) is 45.8 Å². The highest BCUT2D eigenvalue weighted by Crippen LogP contribution is 2.19. The Hall–Kier alpha value is -0.160. The van der Waals surface area contributed by atoms with Crippen LogP contribution in [0, 0.1) is 0 Å². The van der Waals surface area contributed by atoms with E-state index in [1.807, 2.05) is 0 Å². The first kappa shape index (κ1) is 14.3. The van der Waals surface area contributed by atoms with Gasteiger partial charge in [-0.15, -0.1) is 0 Å². The smallest absolute Gasteiger partial charge is 0.0809 e. The highest BCUT2D eigenvalue weighted by molar-refractivity contribution is 4.76. The predicted molar refractivity (Wildman–Crippen MR) is 70.7 cm³/mol. The predicted octanol–water partition coefficient (Wildman–Crippen LogP) is 1.42. The van der Waals surface area contributed by atoms with Crippen LogP contribution < -0.4 is 0 Å². The summed E-state index contributed by atoms with van der Waals surface area (Å²) in [4.78, 5) is 2.48. The molecule has 1 N–H and O–H groups in total. The molecule has 2 aliphatic heterocycles. The molecule has 0 saturated carbocycles. The summed E-state index contributed by atoms with van der Waals surface area (Å²) < 4.78 is 11.3. The molecule has 2 heterocycles. The highest BCUT2D eigenvalue weighted by Gasteiger charge is 2.21. The van der Waals surface area contributed by atoms with Crippen LogP contribution in [0.5, 0.6) is 0 Å². The van der Waals surface area contributed by atoms with Crippen molar-refractivity contribution in [3.8, 4) is 0 Å². The minimum absolute atomic E-state index is 0.304. The van der Waals surface area contributed by atoms with Crippen molar-refractivity contribution < 1.29 is 14.6 Å². The van der Waals surface area contributed by atoms with Gasteiger partial charge in [0.2, 0.25) is 0 Å². The molecular weight excluding hydrogens is 230 g/mol. The Morgan fingerprint density at radius 2 is 2.17 bits per heavy atom. The van der Waals surface area contributed by atoms with Crippen LogP contribution in [0.2, 0.25) is 0 Å². The van der Waals surface area contributed by atoms with E-state index >= 15 is 0 Å². The molecule has 2 fully saturated rings. The lowest BCUT2D eigenvalue weighted by molar-refractivity contribution is 0.00248. The molecule has 4 nitrogen and oxygen atoms in total. The zero-order chi connectivity index (χ0) is 12.6. The molecule has 2 unspecified atom stereocenters. The zero-order valence-electron chi connectivity index (χ0n) is 11.4. The van der Waals surface area contributed by atoms with E-state index in [0.29, 0.717) is 18.8 Å². The SMILES string of the molecule is OCCC1CCCCN1CCOCC1CCCO1. The average molecular weight is 257 g/mol. The van der Waals surface area contributed by atoms with E-state index < -0.39 is 0 Å². The first-order chi connectivity index (χ1) is 8.90. The lowest BCUT2D eigenvalue weighted by Gasteiger charge is -2.35. The van der Waals surface area contributed by atoms with Crippen molar-refractivity contribution in [2.75, 3.05) is 39.5 Å². The highest BCUT2D eigenvalue weighted by atomic mass is 16.5. The van der Waals surface area contributed by atoms with Crippen molar-refractivity contribution >= 4 is 0 Å². The molecule has 0 aromatic carbocycles. The van der Waals surface area contributed by atoms with Gasteiger partial charge in [0.15, 0.2) is 0 Å². The van der Waals surface area contributed by atoms with Crippen LogP contribution in [-0.2, 0) is 9.47 Å². The van der Waals surface area contributed by atoms with Crippen molar-refractivity contribution in [3.63, 3.8) is 0 Å². The molecule has 0 amide bonds. The number of nitrogens with zero attached hydrogens (tertiary/aromatic N) is 1. The normalized spacial score (nSPS) is 29.8. The van der Waals surface area contributed by atoms with Gasteiger partial charge < -0.3 is 14.6 Å². The second-order valence-corrected chi connectivity index (χ2v) is 5.41. The Balaban J connectivity index is 1.58. The van der Waals surface area contributed by atoms with E-state index in [2.05, 4.69) is 4.90 Å². The number of hydrogen-bond donors (Lipinski definition) is 1. The largest absolute Gasteiger partial charge is 0.396 e. The molecule has 2 atom stereocenters. The second-order valence-electron chi connectivity index (χ2n) is 5.41. The standard InChI is InChI=1S/C14H27NO3/c16-9-6-13-4-1-2-7-15(13)8-11-17-12-14-5-3-10-18-14/h13-14,16H,1-12H2. The van der Waals surface area contributed by atoms with Crippen LogP contribution in [0.3, 0.4) is 0 Å². The third kappa shape index (κ3) is 4.50. The number of hydrogen-bond acceptors (Lipinski definition) is 4. The topological polar surface area (TPSA) is 41.9 Å². The number of aliphatic hydroxyl groups excluding tert-OH is 1. The Labute approximate surface area is 110 Å². The summed E-state index contributed by atoms with van der Waals surface area (Å²) in [5.74, 6) is 0. The summed E-state index contributed by atoms with van der Waals surface area (Å²) in [6.07, 6.45) is 7.39. The van der Waals surface area contributed by atoms with E-state index in [9.17, 15) is 0 Å². The maximum atomic E-state index is 9.08. The van der Waals surface area contributed by atoms with Gasteiger partial charge in [0.05, 0.1) is 19.3 Å². The van der Waals surface area contributed by atoms with Crippen LogP contribution in [0.15, 0.2) is 0 Å². The van der Waals surface area contributed by atoms with Crippen molar-refractivity contribution in [1.29, 1.82) is 0 Å². The molecule has 4 heteroatoms. The second kappa shape index (κ2) is 8.10. The van der Waals surface area contributed by atoms with Gasteiger partial charge in [-0.2, -0.15) is 0 Å². The molecule has 2 saturated heterocycles. The summed E-state index contributed by atoms with van der Waals surface area (Å²) in [6, 6.07) is 0.565. The Morgan fingerprint density at radius 3 is 2.94 bits per heavy atom. The third-order valence-corrected chi connectivity index (χ3v) is 4.06. The Bertz CT molecular complexity index is 217. The fourth-order valence-corrected chi connectivity index (χ4v) is 3.00. The molecule has 0 aromatic heterocycles. The summed E-state index contributed by atoms with van der Waals surface area (Å²) >= 11 is 0. The monoisotopic (exact) mass is 257 g/mol. The molecule has 2 rings (SSSR count). The molecule has 0 aliphatic carbocycles. The van der Waals surface area contributed by atoms with Gasteiger partial charge in [-0.05, 0) is 38.6 Å². The van der Waals surface area contributed by atoms with Gasteiger partial charge in [0, 0.05) is 25.8 Å². The summed E-state index contributed by atoms with van der Waals surface area (Å²) in [6.45, 7) is 4.91. The van der Waals surface area contributed by atoms with Gasteiger partial charge >= 0.3 is 0 Å². The molecular formula is C14H27NO3. The van der Waals surface area contributed by atoms with Gasteiger partial charge in [-0.1, -0.05) is 6.42 Å². The van der Waals surface area contributed by atoms with Gasteiger partial charge in [-0.3, -0.25) is 4.90 Å². The molecule has 0 radical (unpaired) electrons. The molecule has 18 heavy (non-hydrogen) atoms. The lowest BCUT2D eigenvalue weighted by Crippen LogP contribution is -2.42. The first-order valence-corrected chi connectivity index (χ1v) is 7.44. The summed E-state index contributed by atoms with van der Waals surface area (Å²) in [5, 5.41) is 9.08. The number of likely N-dealkylation sites (tertiary alicyclic amines) is 1. The number of rotatable bonds is 7. The molecule has 0 spiro atoms. The summed E-state index contributed by atoms with van der Waals surface area (Å²) in [5.41, 5.74) is 0. The van der Waals surface area contributed by atoms with Crippen molar-refractivity contribution in [2.24, 2.45) is 0 Å². The fourth-order valence-electron chi connectivity index (χ4n) is 3.00. The van der Waals surface area contributed by atoms with E-state index in [4.69, 9.17) is 14.6 Å². The fraction of sp³-hybridized carbons (Fsp3) is 1.00. The first-order valence-electron chi connectivity index (χ1n) is 7.44. The van der Waals surface area contributed by atoms with Crippen molar-refractivity contribution in [2.45, 2.75) is 50.7 Å². The van der Waals surface area contributed by atoms with Crippen LogP contribution >= 0.6 is 0 Å². The van der Waals surface area contributed by atoms with Crippen molar-refractivity contribution in [1.82, 2.24) is 4.90 Å². The van der Waals surface area contributed by atoms with Crippen LogP contribution in [0.25, 0.3) is 0 Å². The molecule has 2 aliphatic rings. The number of aliphatic hydroxyl groups is 1. The number of piperidine rings is 1. The zero-order valence-corrected chi connectivity index (χ0v) is 11.4. The minimum Gasteiger partial charge on any atom is -0.396 e. The Kier molecular flexibility index (Phi) is 6.41. The van der Waals surface area contributed by atoms with E-state index in [1.165, 1.54) is 25.7 Å². The van der Waals surface area contributed by atoms with Crippen molar-refractivity contribution in [3.05, 3.63) is 0 Å². The third-order valence-electron chi connectivity index (χ3n) is 4.06.